The van der Waals surface area contributed by atoms with Crippen LogP contribution in [0.5, 0.6) is 0 Å². The lowest BCUT2D eigenvalue weighted by Gasteiger charge is -1.93. The Hall–Kier alpha value is -0.640. The molecule has 0 bridgehead atoms. The van der Waals surface area contributed by atoms with Gasteiger partial charge in [0.25, 0.3) is 0 Å². The third-order valence-corrected chi connectivity index (χ3v) is 1.64. The van der Waals surface area contributed by atoms with Crippen LogP contribution in [-0.4, -0.2) is 0 Å². The van der Waals surface area contributed by atoms with Crippen LogP contribution in [0.15, 0.2) is 29.2 Å². The van der Waals surface area contributed by atoms with E-state index in [0.717, 1.165) is 11.3 Å². The quantitative estimate of drug-likeness (QED) is 0.659. The Labute approximate surface area is 75.5 Å². The van der Waals surface area contributed by atoms with Gasteiger partial charge in [-0.2, -0.15) is 0 Å². The van der Waals surface area contributed by atoms with E-state index in [1.165, 1.54) is 5.56 Å². The molecular weight excluding hydrogens is 185 g/mol. The molecule has 1 rings (SSSR count). The SMILES string of the molecule is CCc1ccc(S)cc1.F.F.F. The summed E-state index contributed by atoms with van der Waals surface area (Å²) in [6.45, 7) is 2.15. The monoisotopic (exact) mass is 198 g/mol. The third kappa shape index (κ3) is 5.07. The number of halogens is 3. The molecule has 0 aliphatic carbocycles. The Morgan fingerprint density at radius 2 is 1.42 bits per heavy atom. The minimum absolute atomic E-state index is 0. The fourth-order valence-electron chi connectivity index (χ4n) is 0.732. The van der Waals surface area contributed by atoms with Crippen molar-refractivity contribution in [2.45, 2.75) is 18.2 Å². The zero-order chi connectivity index (χ0) is 6.69. The van der Waals surface area contributed by atoms with Gasteiger partial charge in [-0.25, -0.2) is 0 Å². The second-order valence-corrected chi connectivity index (χ2v) is 2.54. The summed E-state index contributed by atoms with van der Waals surface area (Å²) in [6.07, 6.45) is 1.11. The molecule has 4 heteroatoms. The van der Waals surface area contributed by atoms with E-state index in [-0.39, 0.29) is 14.1 Å². The van der Waals surface area contributed by atoms with Crippen molar-refractivity contribution in [3.8, 4) is 0 Å². The maximum atomic E-state index is 4.17. The zero-order valence-electron chi connectivity index (χ0n) is 6.69. The van der Waals surface area contributed by atoms with Crippen molar-refractivity contribution in [1.82, 2.24) is 0 Å². The highest BCUT2D eigenvalue weighted by atomic mass is 32.1. The van der Waals surface area contributed by atoms with Crippen LogP contribution in [0.1, 0.15) is 12.5 Å². The van der Waals surface area contributed by atoms with Gasteiger partial charge in [-0.15, -0.1) is 12.6 Å². The fourth-order valence-corrected chi connectivity index (χ4v) is 0.881. The van der Waals surface area contributed by atoms with Crippen molar-refractivity contribution >= 4 is 12.6 Å². The smallest absolute Gasteiger partial charge is 0.00401 e. The van der Waals surface area contributed by atoms with Crippen LogP contribution in [0.25, 0.3) is 0 Å². The standard InChI is InChI=1S/C8H10S.3FH/c1-2-7-3-5-8(9)6-4-7;;;/h3-6,9H,2H2,1H3;3*1H. The summed E-state index contributed by atoms with van der Waals surface area (Å²) in [5.74, 6) is 0. The topological polar surface area (TPSA) is 0 Å². The summed E-state index contributed by atoms with van der Waals surface area (Å²) in [4.78, 5) is 1.03. The number of hydrogen-bond donors (Lipinski definition) is 1. The lowest BCUT2D eigenvalue weighted by atomic mass is 10.2. The van der Waals surface area contributed by atoms with Crippen LogP contribution < -0.4 is 0 Å². The first kappa shape index (κ1) is 17.4. The summed E-state index contributed by atoms with van der Waals surface area (Å²) < 4.78 is 0. The van der Waals surface area contributed by atoms with E-state index in [1.807, 2.05) is 12.1 Å². The molecule has 0 atom stereocenters. The van der Waals surface area contributed by atoms with Crippen molar-refractivity contribution in [2.75, 3.05) is 0 Å². The maximum absolute atomic E-state index is 4.17. The molecule has 0 aromatic heterocycles. The second-order valence-electron chi connectivity index (χ2n) is 2.02. The minimum Gasteiger partial charge on any atom is -0.269 e. The molecule has 0 amide bonds. The molecule has 72 valence electrons. The molecule has 1 aromatic carbocycles. The van der Waals surface area contributed by atoms with Gasteiger partial charge in [0.15, 0.2) is 0 Å². The Morgan fingerprint density at radius 1 is 1.00 bits per heavy atom. The predicted octanol–water partition coefficient (Wildman–Crippen LogP) is 3.00. The van der Waals surface area contributed by atoms with E-state index >= 15 is 0 Å². The van der Waals surface area contributed by atoms with Gasteiger partial charge in [0.1, 0.15) is 0 Å². The van der Waals surface area contributed by atoms with Gasteiger partial charge in [0.05, 0.1) is 0 Å². The zero-order valence-corrected chi connectivity index (χ0v) is 7.58. The van der Waals surface area contributed by atoms with Crippen LogP contribution in [0, 0.1) is 0 Å². The van der Waals surface area contributed by atoms with Crippen LogP contribution in [-0.2, 0) is 6.42 Å². The summed E-state index contributed by atoms with van der Waals surface area (Å²) in [7, 11) is 0. The molecule has 12 heavy (non-hydrogen) atoms. The average Bonchev–Trinajstić information content (AvgIpc) is 1.90. The molecule has 0 saturated heterocycles. The minimum atomic E-state index is 0. The third-order valence-electron chi connectivity index (χ3n) is 1.34. The number of benzene rings is 1. The van der Waals surface area contributed by atoms with Crippen molar-refractivity contribution in [3.63, 3.8) is 0 Å². The average molecular weight is 198 g/mol. The molecule has 0 saturated carbocycles. The Bertz CT molecular complexity index is 186. The summed E-state index contributed by atoms with van der Waals surface area (Å²) in [5, 5.41) is 0. The molecular formula is C8H13F3S. The van der Waals surface area contributed by atoms with Gasteiger partial charge in [-0.1, -0.05) is 19.1 Å². The van der Waals surface area contributed by atoms with Crippen molar-refractivity contribution in [3.05, 3.63) is 29.8 Å². The normalized spacial score (nSPS) is 7.17. The molecule has 0 fully saturated rings. The fraction of sp³-hybridized carbons (Fsp3) is 0.250. The first-order chi connectivity index (χ1) is 4.33. The van der Waals surface area contributed by atoms with E-state index in [0.29, 0.717) is 0 Å². The van der Waals surface area contributed by atoms with Crippen molar-refractivity contribution in [2.24, 2.45) is 0 Å². The molecule has 0 aliphatic heterocycles. The predicted molar refractivity (Wildman–Crippen MR) is 50.6 cm³/mol. The van der Waals surface area contributed by atoms with Gasteiger partial charge in [-0.05, 0) is 24.1 Å². The molecule has 0 nitrogen and oxygen atoms in total. The highest BCUT2D eigenvalue weighted by Gasteiger charge is 1.85. The van der Waals surface area contributed by atoms with Crippen LogP contribution in [0.3, 0.4) is 0 Å². The largest absolute Gasteiger partial charge is 0.269 e. The lowest BCUT2D eigenvalue weighted by Crippen LogP contribution is -1.76. The number of hydrogen-bond acceptors (Lipinski definition) is 1. The summed E-state index contributed by atoms with van der Waals surface area (Å²) >= 11 is 4.17. The Kier molecular flexibility index (Phi) is 12.3. The Balaban J connectivity index is -0.000000270. The molecule has 0 radical (unpaired) electrons. The molecule has 0 unspecified atom stereocenters. The first-order valence-electron chi connectivity index (χ1n) is 3.11. The van der Waals surface area contributed by atoms with E-state index in [1.54, 1.807) is 0 Å². The van der Waals surface area contributed by atoms with Gasteiger partial charge >= 0.3 is 0 Å². The van der Waals surface area contributed by atoms with E-state index < -0.39 is 0 Å². The molecule has 1 aromatic rings. The summed E-state index contributed by atoms with van der Waals surface area (Å²) in [5.41, 5.74) is 1.37. The molecule has 0 heterocycles. The maximum Gasteiger partial charge on any atom is 0.00401 e. The Morgan fingerprint density at radius 3 is 1.75 bits per heavy atom. The number of thiol groups is 1. The highest BCUT2D eigenvalue weighted by Crippen LogP contribution is 2.07. The number of rotatable bonds is 1. The molecule has 0 aliphatic rings. The molecule has 0 N–H and O–H groups in total. The highest BCUT2D eigenvalue weighted by molar-refractivity contribution is 7.80. The van der Waals surface area contributed by atoms with E-state index in [2.05, 4.69) is 31.7 Å². The van der Waals surface area contributed by atoms with Crippen LogP contribution in [0.2, 0.25) is 0 Å². The van der Waals surface area contributed by atoms with E-state index in [4.69, 9.17) is 0 Å². The van der Waals surface area contributed by atoms with E-state index in [9.17, 15) is 0 Å². The second kappa shape index (κ2) is 8.46. The van der Waals surface area contributed by atoms with Gasteiger partial charge in [-0.3, -0.25) is 14.1 Å². The van der Waals surface area contributed by atoms with Crippen molar-refractivity contribution < 1.29 is 14.1 Å². The van der Waals surface area contributed by atoms with Gasteiger partial charge in [0.2, 0.25) is 0 Å². The van der Waals surface area contributed by atoms with Crippen LogP contribution in [0.4, 0.5) is 14.1 Å². The molecule has 0 spiro atoms. The lowest BCUT2D eigenvalue weighted by molar-refractivity contribution is 1.11. The van der Waals surface area contributed by atoms with Crippen LogP contribution >= 0.6 is 12.6 Å². The number of aryl methyl sites for hydroxylation is 1. The van der Waals surface area contributed by atoms with Crippen molar-refractivity contribution in [1.29, 1.82) is 0 Å². The first-order valence-corrected chi connectivity index (χ1v) is 3.55. The summed E-state index contributed by atoms with van der Waals surface area (Å²) in [6, 6.07) is 8.23. The van der Waals surface area contributed by atoms with Gasteiger partial charge in [0, 0.05) is 4.90 Å². The van der Waals surface area contributed by atoms with Gasteiger partial charge < -0.3 is 0 Å².